The smallest absolute Gasteiger partial charge is 0.308 e. The van der Waals surface area contributed by atoms with Gasteiger partial charge in [-0.3, -0.25) is 4.79 Å². The maximum atomic E-state index is 11.4. The van der Waals surface area contributed by atoms with Gasteiger partial charge in [0.05, 0.1) is 13.0 Å². The lowest BCUT2D eigenvalue weighted by atomic mass is 9.89. The Morgan fingerprint density at radius 1 is 1.12 bits per heavy atom. The van der Waals surface area contributed by atoms with Gasteiger partial charge in [0.2, 0.25) is 0 Å². The summed E-state index contributed by atoms with van der Waals surface area (Å²) < 4.78 is 4.79. The lowest BCUT2D eigenvalue weighted by Crippen LogP contribution is -2.12. The molecular formula is C22H40O2. The van der Waals surface area contributed by atoms with E-state index in [1.807, 2.05) is 6.92 Å². The third-order valence-corrected chi connectivity index (χ3v) is 5.64. The van der Waals surface area contributed by atoms with E-state index in [4.69, 9.17) is 4.74 Å². The second-order valence-corrected chi connectivity index (χ2v) is 7.69. The van der Waals surface area contributed by atoms with Crippen molar-refractivity contribution in [2.24, 2.45) is 17.8 Å². The van der Waals surface area contributed by atoms with Gasteiger partial charge < -0.3 is 4.74 Å². The fourth-order valence-corrected chi connectivity index (χ4v) is 3.99. The fraction of sp³-hybridized carbons (Fsp3) is 0.864. The first kappa shape index (κ1) is 21.3. The van der Waals surface area contributed by atoms with Crippen LogP contribution in [-0.2, 0) is 9.53 Å². The molecule has 2 nitrogen and oxygen atoms in total. The SMILES string of the molecule is CCCCCCC=C[C@H]1CCC[C@@H]1CCCCCC(C)C(=O)OC. The number of esters is 1. The Morgan fingerprint density at radius 2 is 1.92 bits per heavy atom. The number of ether oxygens (including phenoxy) is 1. The van der Waals surface area contributed by atoms with E-state index in [1.54, 1.807) is 0 Å². The van der Waals surface area contributed by atoms with E-state index in [0.717, 1.165) is 24.7 Å². The van der Waals surface area contributed by atoms with Gasteiger partial charge in [-0.25, -0.2) is 0 Å². The summed E-state index contributed by atoms with van der Waals surface area (Å²) in [6, 6.07) is 0. The van der Waals surface area contributed by atoms with Crippen LogP contribution in [0.25, 0.3) is 0 Å². The molecule has 1 saturated carbocycles. The second-order valence-electron chi connectivity index (χ2n) is 7.69. The van der Waals surface area contributed by atoms with Crippen molar-refractivity contribution in [2.75, 3.05) is 7.11 Å². The molecule has 3 atom stereocenters. The first-order valence-corrected chi connectivity index (χ1v) is 10.4. The molecule has 0 aromatic carbocycles. The maximum Gasteiger partial charge on any atom is 0.308 e. The Bertz CT molecular complexity index is 348. The number of rotatable bonds is 13. The molecule has 1 unspecified atom stereocenters. The van der Waals surface area contributed by atoms with Crippen LogP contribution in [0, 0.1) is 17.8 Å². The first-order chi connectivity index (χ1) is 11.7. The molecule has 0 spiro atoms. The molecule has 0 heterocycles. The van der Waals surface area contributed by atoms with Crippen molar-refractivity contribution in [3.63, 3.8) is 0 Å². The number of methoxy groups -OCH3 is 1. The van der Waals surface area contributed by atoms with Crippen LogP contribution in [0.2, 0.25) is 0 Å². The van der Waals surface area contributed by atoms with E-state index < -0.39 is 0 Å². The number of carbonyl (C=O) groups is 1. The van der Waals surface area contributed by atoms with E-state index in [-0.39, 0.29) is 11.9 Å². The maximum absolute atomic E-state index is 11.4. The number of allylic oxidation sites excluding steroid dienone is 2. The highest BCUT2D eigenvalue weighted by molar-refractivity contribution is 5.71. The normalized spacial score (nSPS) is 22.1. The highest BCUT2D eigenvalue weighted by Gasteiger charge is 2.24. The van der Waals surface area contributed by atoms with Gasteiger partial charge in [-0.05, 0) is 50.4 Å². The Morgan fingerprint density at radius 3 is 2.67 bits per heavy atom. The molecule has 0 radical (unpaired) electrons. The van der Waals surface area contributed by atoms with Crippen molar-refractivity contribution in [1.29, 1.82) is 0 Å². The average molecular weight is 337 g/mol. The topological polar surface area (TPSA) is 26.3 Å². The van der Waals surface area contributed by atoms with Crippen LogP contribution in [0.5, 0.6) is 0 Å². The summed E-state index contributed by atoms with van der Waals surface area (Å²) in [7, 11) is 1.48. The molecule has 0 bridgehead atoms. The average Bonchev–Trinajstić information content (AvgIpc) is 3.04. The molecule has 0 amide bonds. The molecular weight excluding hydrogens is 296 g/mol. The molecule has 24 heavy (non-hydrogen) atoms. The lowest BCUT2D eigenvalue weighted by molar-refractivity contribution is -0.145. The number of hydrogen-bond donors (Lipinski definition) is 0. The Kier molecular flexibility index (Phi) is 12.0. The zero-order chi connectivity index (χ0) is 17.6. The first-order valence-electron chi connectivity index (χ1n) is 10.4. The third kappa shape index (κ3) is 8.89. The van der Waals surface area contributed by atoms with Gasteiger partial charge in [-0.1, -0.05) is 70.9 Å². The van der Waals surface area contributed by atoms with Gasteiger partial charge >= 0.3 is 5.97 Å². The minimum absolute atomic E-state index is 0.0601. The molecule has 1 aliphatic rings. The summed E-state index contributed by atoms with van der Waals surface area (Å²) >= 11 is 0. The summed E-state index contributed by atoms with van der Waals surface area (Å²) in [5.74, 6) is 1.75. The van der Waals surface area contributed by atoms with Crippen molar-refractivity contribution in [2.45, 2.75) is 97.3 Å². The van der Waals surface area contributed by atoms with Gasteiger partial charge in [0.15, 0.2) is 0 Å². The molecule has 0 N–H and O–H groups in total. The van der Waals surface area contributed by atoms with Crippen LogP contribution >= 0.6 is 0 Å². The van der Waals surface area contributed by atoms with Crippen LogP contribution in [0.15, 0.2) is 12.2 Å². The molecule has 0 saturated heterocycles. The zero-order valence-electron chi connectivity index (χ0n) is 16.4. The molecule has 140 valence electrons. The molecule has 0 aliphatic heterocycles. The quantitative estimate of drug-likeness (QED) is 0.213. The van der Waals surface area contributed by atoms with E-state index in [0.29, 0.717) is 0 Å². The third-order valence-electron chi connectivity index (χ3n) is 5.64. The Hall–Kier alpha value is -0.790. The molecule has 0 aromatic rings. The molecule has 2 heteroatoms. The summed E-state index contributed by atoms with van der Waals surface area (Å²) in [4.78, 5) is 11.4. The van der Waals surface area contributed by atoms with Crippen molar-refractivity contribution in [3.8, 4) is 0 Å². The molecule has 0 aromatic heterocycles. The standard InChI is InChI=1S/C22H40O2/c1-4-5-6-7-8-11-15-20-17-13-18-21(20)16-12-9-10-14-19(2)22(23)24-3/h11,15,19-21H,4-10,12-14,16-18H2,1-3H3/t19?,20-,21-/m0/s1. The number of unbranched alkanes of at least 4 members (excludes halogenated alkanes) is 6. The summed E-state index contributed by atoms with van der Waals surface area (Å²) in [6.07, 6.45) is 22.0. The van der Waals surface area contributed by atoms with Crippen LogP contribution in [0.3, 0.4) is 0 Å². The van der Waals surface area contributed by atoms with E-state index in [2.05, 4.69) is 19.1 Å². The van der Waals surface area contributed by atoms with Gasteiger partial charge in [0.1, 0.15) is 0 Å². The van der Waals surface area contributed by atoms with Gasteiger partial charge in [-0.2, -0.15) is 0 Å². The second kappa shape index (κ2) is 13.5. The Labute approximate surface area is 150 Å². The molecule has 1 rings (SSSR count). The lowest BCUT2D eigenvalue weighted by Gasteiger charge is -2.16. The highest BCUT2D eigenvalue weighted by Crippen LogP contribution is 2.36. The summed E-state index contributed by atoms with van der Waals surface area (Å²) in [5.41, 5.74) is 0. The zero-order valence-corrected chi connectivity index (χ0v) is 16.4. The van der Waals surface area contributed by atoms with Crippen LogP contribution in [-0.4, -0.2) is 13.1 Å². The minimum Gasteiger partial charge on any atom is -0.469 e. The van der Waals surface area contributed by atoms with Gasteiger partial charge in [0, 0.05) is 0 Å². The summed E-state index contributed by atoms with van der Waals surface area (Å²) in [6.45, 7) is 4.25. The van der Waals surface area contributed by atoms with Crippen molar-refractivity contribution in [3.05, 3.63) is 12.2 Å². The van der Waals surface area contributed by atoms with E-state index >= 15 is 0 Å². The summed E-state index contributed by atoms with van der Waals surface area (Å²) in [5, 5.41) is 0. The van der Waals surface area contributed by atoms with Gasteiger partial charge in [-0.15, -0.1) is 0 Å². The predicted molar refractivity (Wildman–Crippen MR) is 103 cm³/mol. The monoisotopic (exact) mass is 336 g/mol. The largest absolute Gasteiger partial charge is 0.469 e. The highest BCUT2D eigenvalue weighted by atomic mass is 16.5. The fourth-order valence-electron chi connectivity index (χ4n) is 3.99. The van der Waals surface area contributed by atoms with Crippen molar-refractivity contribution >= 4 is 5.97 Å². The minimum atomic E-state index is -0.0602. The molecule has 1 aliphatic carbocycles. The van der Waals surface area contributed by atoms with Crippen LogP contribution in [0.4, 0.5) is 0 Å². The number of hydrogen-bond acceptors (Lipinski definition) is 2. The number of carbonyl (C=O) groups excluding carboxylic acids is 1. The van der Waals surface area contributed by atoms with Crippen molar-refractivity contribution in [1.82, 2.24) is 0 Å². The van der Waals surface area contributed by atoms with E-state index in [9.17, 15) is 4.79 Å². The van der Waals surface area contributed by atoms with Crippen LogP contribution < -0.4 is 0 Å². The van der Waals surface area contributed by atoms with Crippen LogP contribution in [0.1, 0.15) is 97.3 Å². The van der Waals surface area contributed by atoms with E-state index in [1.165, 1.54) is 77.7 Å². The molecule has 1 fully saturated rings. The van der Waals surface area contributed by atoms with Crippen molar-refractivity contribution < 1.29 is 9.53 Å². The Balaban J connectivity index is 2.11. The predicted octanol–water partition coefficient (Wildman–Crippen LogP) is 6.69. The van der Waals surface area contributed by atoms with Gasteiger partial charge in [0.25, 0.3) is 0 Å².